The Hall–Kier alpha value is -1.19. The quantitative estimate of drug-likeness (QED) is 0.587. The minimum Gasteiger partial charge on any atom is -0.292 e. The number of hydrogen-bond donors (Lipinski definition) is 0. The fourth-order valence-electron chi connectivity index (χ4n) is 1.57. The molecule has 0 saturated heterocycles. The van der Waals surface area contributed by atoms with Crippen LogP contribution >= 0.6 is 27.5 Å². The van der Waals surface area contributed by atoms with Crippen molar-refractivity contribution in [2.75, 3.05) is 0 Å². The molecule has 1 nitrogen and oxygen atoms in total. The standard InChI is InChI=1S/C14H9BrClFO/c15-11-8-10(6-7-12(11)17)14(18)13(16)9-4-2-1-3-5-9/h1-8,13H. The lowest BCUT2D eigenvalue weighted by atomic mass is 10.0. The van der Waals surface area contributed by atoms with E-state index in [1.807, 2.05) is 18.2 Å². The molecule has 0 aliphatic rings. The van der Waals surface area contributed by atoms with E-state index in [1.165, 1.54) is 18.2 Å². The molecule has 0 N–H and O–H groups in total. The summed E-state index contributed by atoms with van der Waals surface area (Å²) in [6.07, 6.45) is 0. The Labute approximate surface area is 118 Å². The topological polar surface area (TPSA) is 17.1 Å². The summed E-state index contributed by atoms with van der Waals surface area (Å²) in [5.74, 6) is -0.652. The SMILES string of the molecule is O=C(c1ccc(F)c(Br)c1)C(Cl)c1ccccc1. The van der Waals surface area contributed by atoms with Crippen LogP contribution in [-0.4, -0.2) is 5.78 Å². The first-order valence-electron chi connectivity index (χ1n) is 5.28. The average molecular weight is 328 g/mol. The molecule has 92 valence electrons. The van der Waals surface area contributed by atoms with E-state index in [-0.39, 0.29) is 10.3 Å². The van der Waals surface area contributed by atoms with Gasteiger partial charge in [0.25, 0.3) is 0 Å². The fourth-order valence-corrected chi connectivity index (χ4v) is 2.22. The zero-order chi connectivity index (χ0) is 13.1. The number of halogens is 3. The summed E-state index contributed by atoms with van der Waals surface area (Å²) in [6.45, 7) is 0. The molecule has 0 heterocycles. The molecule has 2 rings (SSSR count). The van der Waals surface area contributed by atoms with Gasteiger partial charge in [0.15, 0.2) is 5.78 Å². The van der Waals surface area contributed by atoms with Crippen molar-refractivity contribution >= 4 is 33.3 Å². The number of carbonyl (C=O) groups is 1. The summed E-state index contributed by atoms with van der Waals surface area (Å²) >= 11 is 9.17. The Morgan fingerprint density at radius 3 is 2.44 bits per heavy atom. The minimum absolute atomic E-state index is 0.247. The van der Waals surface area contributed by atoms with Gasteiger partial charge in [0.1, 0.15) is 11.2 Å². The van der Waals surface area contributed by atoms with Crippen LogP contribution in [0.1, 0.15) is 21.3 Å². The average Bonchev–Trinajstić information content (AvgIpc) is 2.41. The summed E-state index contributed by atoms with van der Waals surface area (Å²) in [7, 11) is 0. The number of benzene rings is 2. The van der Waals surface area contributed by atoms with Crippen molar-refractivity contribution in [3.05, 3.63) is 69.9 Å². The fraction of sp³-hybridized carbons (Fsp3) is 0.0714. The van der Waals surface area contributed by atoms with Gasteiger partial charge in [-0.3, -0.25) is 4.79 Å². The van der Waals surface area contributed by atoms with Crippen molar-refractivity contribution in [2.24, 2.45) is 0 Å². The van der Waals surface area contributed by atoms with E-state index in [0.717, 1.165) is 5.56 Å². The van der Waals surface area contributed by atoms with Crippen LogP contribution in [0, 0.1) is 5.82 Å². The molecule has 2 aromatic carbocycles. The second kappa shape index (κ2) is 5.63. The number of alkyl halides is 1. The molecule has 0 saturated carbocycles. The van der Waals surface area contributed by atoms with Gasteiger partial charge in [-0.2, -0.15) is 0 Å². The summed E-state index contributed by atoms with van der Waals surface area (Å²) in [5.41, 5.74) is 1.11. The Kier molecular flexibility index (Phi) is 4.15. The maximum atomic E-state index is 13.1. The molecular weight excluding hydrogens is 319 g/mol. The summed E-state index contributed by atoms with van der Waals surface area (Å²) in [6, 6.07) is 13.2. The highest BCUT2D eigenvalue weighted by molar-refractivity contribution is 9.10. The minimum atomic E-state index is -0.761. The lowest BCUT2D eigenvalue weighted by Crippen LogP contribution is -2.07. The highest BCUT2D eigenvalue weighted by atomic mass is 79.9. The summed E-state index contributed by atoms with van der Waals surface area (Å²) < 4.78 is 13.3. The molecule has 2 aromatic rings. The van der Waals surface area contributed by atoms with Crippen LogP contribution < -0.4 is 0 Å². The second-order valence-corrected chi connectivity index (χ2v) is 5.06. The maximum Gasteiger partial charge on any atom is 0.185 e. The van der Waals surface area contributed by atoms with Crippen molar-refractivity contribution in [3.8, 4) is 0 Å². The number of rotatable bonds is 3. The molecule has 1 unspecified atom stereocenters. The zero-order valence-electron chi connectivity index (χ0n) is 9.24. The Balaban J connectivity index is 2.29. The van der Waals surface area contributed by atoms with Gasteiger partial charge >= 0.3 is 0 Å². The largest absolute Gasteiger partial charge is 0.292 e. The Morgan fingerprint density at radius 1 is 1.17 bits per heavy atom. The molecule has 0 radical (unpaired) electrons. The maximum absolute atomic E-state index is 13.1. The summed E-state index contributed by atoms with van der Waals surface area (Å²) in [5, 5.41) is -0.761. The zero-order valence-corrected chi connectivity index (χ0v) is 11.6. The highest BCUT2D eigenvalue weighted by Crippen LogP contribution is 2.26. The van der Waals surface area contributed by atoms with Crippen LogP contribution in [0.4, 0.5) is 4.39 Å². The van der Waals surface area contributed by atoms with Crippen molar-refractivity contribution < 1.29 is 9.18 Å². The molecule has 0 spiro atoms. The lowest BCUT2D eigenvalue weighted by Gasteiger charge is -2.09. The van der Waals surface area contributed by atoms with Gasteiger partial charge in [-0.1, -0.05) is 30.3 Å². The van der Waals surface area contributed by atoms with Gasteiger partial charge in [0.05, 0.1) is 4.47 Å². The van der Waals surface area contributed by atoms with Gasteiger partial charge in [0, 0.05) is 5.56 Å². The molecular formula is C14H9BrClFO. The van der Waals surface area contributed by atoms with E-state index >= 15 is 0 Å². The van der Waals surface area contributed by atoms with Crippen LogP contribution in [-0.2, 0) is 0 Å². The monoisotopic (exact) mass is 326 g/mol. The number of carbonyl (C=O) groups excluding carboxylic acids is 1. The Bertz CT molecular complexity index is 571. The van der Waals surface area contributed by atoms with Crippen LogP contribution in [0.5, 0.6) is 0 Å². The molecule has 0 amide bonds. The normalized spacial score (nSPS) is 12.2. The molecule has 0 aliphatic carbocycles. The van der Waals surface area contributed by atoms with E-state index in [0.29, 0.717) is 5.56 Å². The summed E-state index contributed by atoms with van der Waals surface area (Å²) in [4.78, 5) is 12.1. The third-order valence-corrected chi connectivity index (χ3v) is 3.58. The van der Waals surface area contributed by atoms with E-state index in [1.54, 1.807) is 12.1 Å². The van der Waals surface area contributed by atoms with Gasteiger partial charge in [-0.25, -0.2) is 4.39 Å². The van der Waals surface area contributed by atoms with Crippen molar-refractivity contribution in [1.29, 1.82) is 0 Å². The second-order valence-electron chi connectivity index (χ2n) is 3.77. The van der Waals surface area contributed by atoms with Crippen molar-refractivity contribution in [3.63, 3.8) is 0 Å². The van der Waals surface area contributed by atoms with Gasteiger partial charge < -0.3 is 0 Å². The smallest absolute Gasteiger partial charge is 0.185 e. The molecule has 18 heavy (non-hydrogen) atoms. The third kappa shape index (κ3) is 2.79. The number of Topliss-reactive ketones (excluding diaryl/α,β-unsaturated/α-hetero) is 1. The van der Waals surface area contributed by atoms with E-state index in [9.17, 15) is 9.18 Å². The van der Waals surface area contributed by atoms with Gasteiger partial charge in [-0.15, -0.1) is 11.6 Å². The highest BCUT2D eigenvalue weighted by Gasteiger charge is 2.19. The van der Waals surface area contributed by atoms with Crippen molar-refractivity contribution in [2.45, 2.75) is 5.38 Å². The van der Waals surface area contributed by atoms with E-state index in [4.69, 9.17) is 11.6 Å². The first-order chi connectivity index (χ1) is 8.59. The van der Waals surface area contributed by atoms with Gasteiger partial charge in [0.2, 0.25) is 0 Å². The molecule has 0 aromatic heterocycles. The van der Waals surface area contributed by atoms with Gasteiger partial charge in [-0.05, 0) is 39.7 Å². The first-order valence-corrected chi connectivity index (χ1v) is 6.51. The van der Waals surface area contributed by atoms with Crippen LogP contribution in [0.3, 0.4) is 0 Å². The third-order valence-electron chi connectivity index (χ3n) is 2.53. The molecule has 4 heteroatoms. The van der Waals surface area contributed by atoms with E-state index in [2.05, 4.69) is 15.9 Å². The van der Waals surface area contributed by atoms with E-state index < -0.39 is 11.2 Å². The van der Waals surface area contributed by atoms with Crippen molar-refractivity contribution in [1.82, 2.24) is 0 Å². The number of ketones is 1. The molecule has 0 fully saturated rings. The predicted octanol–water partition coefficient (Wildman–Crippen LogP) is 4.75. The predicted molar refractivity (Wildman–Crippen MR) is 73.5 cm³/mol. The Morgan fingerprint density at radius 2 is 1.83 bits per heavy atom. The molecule has 0 bridgehead atoms. The van der Waals surface area contributed by atoms with Crippen LogP contribution in [0.15, 0.2) is 53.0 Å². The van der Waals surface area contributed by atoms with Crippen LogP contribution in [0.25, 0.3) is 0 Å². The molecule has 0 aliphatic heterocycles. The molecule has 1 atom stereocenters. The van der Waals surface area contributed by atoms with Crippen LogP contribution in [0.2, 0.25) is 0 Å². The lowest BCUT2D eigenvalue weighted by molar-refractivity contribution is 0.0987. The first kappa shape index (κ1) is 13.2. The number of hydrogen-bond acceptors (Lipinski definition) is 1.